The Morgan fingerprint density at radius 3 is 2.74 bits per heavy atom. The molecule has 0 aromatic carbocycles. The molecule has 1 aromatic heterocycles. The highest BCUT2D eigenvalue weighted by atomic mass is 32.2. The lowest BCUT2D eigenvalue weighted by atomic mass is 9.86. The van der Waals surface area contributed by atoms with Crippen molar-refractivity contribution in [3.05, 3.63) is 18.5 Å². The number of nitrogens with one attached hydrogen (secondary N) is 1. The van der Waals surface area contributed by atoms with Crippen LogP contribution in [-0.2, 0) is 21.2 Å². The van der Waals surface area contributed by atoms with Crippen molar-refractivity contribution in [2.75, 3.05) is 5.75 Å². The monoisotopic (exact) mass is 340 g/mol. The van der Waals surface area contributed by atoms with Gasteiger partial charge in [-0.3, -0.25) is 9.36 Å². The highest BCUT2D eigenvalue weighted by molar-refractivity contribution is 7.91. The van der Waals surface area contributed by atoms with E-state index in [9.17, 15) is 13.2 Å². The fourth-order valence-corrected chi connectivity index (χ4v) is 4.21. The number of allylic oxidation sites excluding steroid dienone is 1. The molecule has 2 atom stereocenters. The lowest BCUT2D eigenvalue weighted by Gasteiger charge is -2.29. The number of rotatable bonds is 6. The molecule has 1 heterocycles. The van der Waals surface area contributed by atoms with Gasteiger partial charge in [0.25, 0.3) is 5.16 Å². The van der Waals surface area contributed by atoms with Crippen molar-refractivity contribution in [3.63, 3.8) is 0 Å². The van der Waals surface area contributed by atoms with Gasteiger partial charge in [0.15, 0.2) is 0 Å². The van der Waals surface area contributed by atoms with Crippen LogP contribution in [0.5, 0.6) is 0 Å². The van der Waals surface area contributed by atoms with Gasteiger partial charge in [0.2, 0.25) is 15.7 Å². The normalized spacial score (nSPS) is 21.8. The third-order valence-electron chi connectivity index (χ3n) is 4.27. The fraction of sp³-hybridized carbons (Fsp3) is 0.667. The molecule has 1 N–H and O–H groups in total. The van der Waals surface area contributed by atoms with Crippen LogP contribution in [0, 0.1) is 12.8 Å². The van der Waals surface area contributed by atoms with E-state index in [4.69, 9.17) is 0 Å². The molecule has 0 spiro atoms. The summed E-state index contributed by atoms with van der Waals surface area (Å²) in [6.45, 7) is 7.63. The van der Waals surface area contributed by atoms with Gasteiger partial charge in [-0.1, -0.05) is 25.8 Å². The van der Waals surface area contributed by atoms with Crippen LogP contribution in [0.1, 0.15) is 38.4 Å². The van der Waals surface area contributed by atoms with Crippen LogP contribution in [0.4, 0.5) is 0 Å². The summed E-state index contributed by atoms with van der Waals surface area (Å²) in [7, 11) is -3.83. The average molecular weight is 340 g/mol. The van der Waals surface area contributed by atoms with Crippen LogP contribution in [0.25, 0.3) is 0 Å². The van der Waals surface area contributed by atoms with Gasteiger partial charge in [-0.05, 0) is 25.7 Å². The predicted molar refractivity (Wildman–Crippen MR) is 86.6 cm³/mol. The minimum Gasteiger partial charge on any atom is -0.352 e. The second-order valence-electron chi connectivity index (χ2n) is 6.12. The Kier molecular flexibility index (Phi) is 5.56. The Balaban J connectivity index is 2.08. The van der Waals surface area contributed by atoms with Crippen LogP contribution in [0.15, 0.2) is 17.8 Å². The molecule has 0 aliphatic heterocycles. The van der Waals surface area contributed by atoms with Crippen LogP contribution < -0.4 is 5.32 Å². The molecule has 1 aliphatic carbocycles. The molecular formula is C15H24N4O3S. The maximum absolute atomic E-state index is 12.5. The summed E-state index contributed by atoms with van der Waals surface area (Å²) in [5.41, 5.74) is 0. The summed E-state index contributed by atoms with van der Waals surface area (Å²) in [5, 5.41) is 10.2. The average Bonchev–Trinajstić information content (AvgIpc) is 2.83. The SMILES string of the molecule is C=CCn1c(C)nnc1S(=O)(=O)CC(=O)N[C@H]1CCCC[C@H]1C. The molecule has 8 heteroatoms. The summed E-state index contributed by atoms with van der Waals surface area (Å²) in [6.07, 6.45) is 5.76. The van der Waals surface area contributed by atoms with Gasteiger partial charge in [0, 0.05) is 12.6 Å². The number of carbonyl (C=O) groups is 1. The van der Waals surface area contributed by atoms with Crippen LogP contribution in [0.2, 0.25) is 0 Å². The van der Waals surface area contributed by atoms with Gasteiger partial charge in [0.1, 0.15) is 11.6 Å². The zero-order valence-electron chi connectivity index (χ0n) is 13.7. The topological polar surface area (TPSA) is 93.9 Å². The van der Waals surface area contributed by atoms with Gasteiger partial charge >= 0.3 is 0 Å². The summed E-state index contributed by atoms with van der Waals surface area (Å²) in [5.74, 6) is -0.229. The maximum atomic E-state index is 12.5. The number of aryl methyl sites for hydroxylation is 1. The largest absolute Gasteiger partial charge is 0.352 e. The molecule has 1 fully saturated rings. The first-order valence-corrected chi connectivity index (χ1v) is 9.53. The molecule has 0 unspecified atom stereocenters. The van der Waals surface area contributed by atoms with Crippen molar-refractivity contribution in [2.24, 2.45) is 5.92 Å². The first-order valence-electron chi connectivity index (χ1n) is 7.88. The Morgan fingerprint density at radius 2 is 2.09 bits per heavy atom. The maximum Gasteiger partial charge on any atom is 0.250 e. The second-order valence-corrected chi connectivity index (χ2v) is 8.01. The zero-order chi connectivity index (χ0) is 17.0. The van der Waals surface area contributed by atoms with Gasteiger partial charge < -0.3 is 5.32 Å². The smallest absolute Gasteiger partial charge is 0.250 e. The summed E-state index contributed by atoms with van der Waals surface area (Å²) >= 11 is 0. The molecule has 1 aromatic rings. The van der Waals surface area contributed by atoms with Crippen LogP contribution in [0.3, 0.4) is 0 Å². The van der Waals surface area contributed by atoms with E-state index >= 15 is 0 Å². The first kappa shape index (κ1) is 17.7. The summed E-state index contributed by atoms with van der Waals surface area (Å²) in [4.78, 5) is 12.2. The molecule has 1 aliphatic rings. The highest BCUT2D eigenvalue weighted by Gasteiger charge is 2.29. The third kappa shape index (κ3) is 4.19. The van der Waals surface area contributed by atoms with Crippen LogP contribution >= 0.6 is 0 Å². The molecule has 128 valence electrons. The molecule has 1 saturated carbocycles. The second kappa shape index (κ2) is 7.25. The molecule has 0 saturated heterocycles. The van der Waals surface area contributed by atoms with Crippen molar-refractivity contribution in [3.8, 4) is 0 Å². The van der Waals surface area contributed by atoms with Crippen molar-refractivity contribution in [2.45, 2.75) is 57.3 Å². The van der Waals surface area contributed by atoms with E-state index in [-0.39, 0.29) is 17.7 Å². The van der Waals surface area contributed by atoms with Crippen molar-refractivity contribution in [1.29, 1.82) is 0 Å². The Bertz CT molecular complexity index is 681. The van der Waals surface area contributed by atoms with E-state index in [0.29, 0.717) is 11.7 Å². The molecule has 2 rings (SSSR count). The van der Waals surface area contributed by atoms with E-state index < -0.39 is 21.5 Å². The van der Waals surface area contributed by atoms with Crippen LogP contribution in [-0.4, -0.2) is 40.9 Å². The fourth-order valence-electron chi connectivity index (χ4n) is 2.95. The summed E-state index contributed by atoms with van der Waals surface area (Å²) in [6, 6.07) is 0.0548. The lowest BCUT2D eigenvalue weighted by molar-refractivity contribution is -0.119. The van der Waals surface area contributed by atoms with Gasteiger partial charge in [0.05, 0.1) is 0 Å². The molecular weight excluding hydrogens is 316 g/mol. The van der Waals surface area contributed by atoms with Gasteiger partial charge in [-0.25, -0.2) is 8.42 Å². The molecule has 1 amide bonds. The number of aromatic nitrogens is 3. The Hall–Kier alpha value is -1.70. The molecule has 23 heavy (non-hydrogen) atoms. The zero-order valence-corrected chi connectivity index (χ0v) is 14.5. The number of hydrogen-bond acceptors (Lipinski definition) is 5. The molecule has 0 bridgehead atoms. The van der Waals surface area contributed by atoms with Crippen molar-refractivity contribution < 1.29 is 13.2 Å². The minimum absolute atomic E-state index is 0.0548. The minimum atomic E-state index is -3.83. The number of amides is 1. The van der Waals surface area contributed by atoms with E-state index in [2.05, 4.69) is 29.0 Å². The van der Waals surface area contributed by atoms with Gasteiger partial charge in [-0.2, -0.15) is 0 Å². The highest BCUT2D eigenvalue weighted by Crippen LogP contribution is 2.23. The first-order chi connectivity index (χ1) is 10.8. The van der Waals surface area contributed by atoms with Crippen molar-refractivity contribution in [1.82, 2.24) is 20.1 Å². The van der Waals surface area contributed by atoms with Crippen molar-refractivity contribution >= 4 is 15.7 Å². The predicted octanol–water partition coefficient (Wildman–Crippen LogP) is 1.24. The van der Waals surface area contributed by atoms with E-state index in [1.165, 1.54) is 4.57 Å². The molecule has 7 nitrogen and oxygen atoms in total. The van der Waals surface area contributed by atoms with E-state index in [1.54, 1.807) is 13.0 Å². The number of carbonyl (C=O) groups excluding carboxylic acids is 1. The number of sulfone groups is 1. The third-order valence-corrected chi connectivity index (χ3v) is 5.77. The van der Waals surface area contributed by atoms with E-state index in [0.717, 1.165) is 25.7 Å². The Labute approximate surface area is 137 Å². The van der Waals surface area contributed by atoms with E-state index in [1.807, 2.05) is 0 Å². The number of nitrogens with zero attached hydrogens (tertiary/aromatic N) is 3. The molecule has 0 radical (unpaired) electrons. The Morgan fingerprint density at radius 1 is 1.39 bits per heavy atom. The standard InChI is InChI=1S/C15H24N4O3S/c1-4-9-19-12(3)17-18-15(19)23(21,22)10-14(20)16-13-8-6-5-7-11(13)2/h4,11,13H,1,5-10H2,2-3H3,(H,16,20)/t11-,13+/m1/s1. The van der Waals surface area contributed by atoms with Gasteiger partial charge in [-0.15, -0.1) is 16.8 Å². The quantitative estimate of drug-likeness (QED) is 0.786. The summed E-state index contributed by atoms with van der Waals surface area (Å²) < 4.78 is 26.4. The number of hydrogen-bond donors (Lipinski definition) is 1. The lowest BCUT2D eigenvalue weighted by Crippen LogP contribution is -2.43.